The molecule has 0 saturated heterocycles. The minimum absolute atomic E-state index is 0.721. The van der Waals surface area contributed by atoms with Crippen molar-refractivity contribution >= 4 is 17.3 Å². The van der Waals surface area contributed by atoms with E-state index in [0.29, 0.717) is 0 Å². The lowest BCUT2D eigenvalue weighted by atomic mass is 10.2. The molecule has 0 atom stereocenters. The molecule has 0 radical (unpaired) electrons. The van der Waals surface area contributed by atoms with Crippen molar-refractivity contribution in [3.8, 4) is 0 Å². The van der Waals surface area contributed by atoms with Gasteiger partial charge >= 0.3 is 0 Å². The van der Waals surface area contributed by atoms with Crippen molar-refractivity contribution in [1.29, 1.82) is 0 Å². The number of anilines is 1. The molecule has 1 aliphatic rings. The topological polar surface area (TPSA) is 29.3 Å². The van der Waals surface area contributed by atoms with Crippen LogP contribution in [0.1, 0.15) is 5.56 Å². The average Bonchev–Trinajstić information content (AvgIpc) is 2.62. The van der Waals surface area contributed by atoms with Crippen LogP contribution in [0.5, 0.6) is 0 Å². The number of rotatable bonds is 2. The summed E-state index contributed by atoms with van der Waals surface area (Å²) in [5, 5.41) is 0.761. The van der Waals surface area contributed by atoms with Gasteiger partial charge in [-0.1, -0.05) is 29.8 Å². The Morgan fingerprint density at radius 2 is 2.00 bits per heavy atom. The van der Waals surface area contributed by atoms with Crippen molar-refractivity contribution in [1.82, 2.24) is 4.90 Å². The standard InChI is InChI=1S/C11H13ClN2/c12-11-7-10(13)4-3-9(11)8-14-5-1-2-6-14/h1-4,7H,5-6,8,13H2. The second-order valence-corrected chi connectivity index (χ2v) is 3.92. The lowest BCUT2D eigenvalue weighted by molar-refractivity contribution is 0.345. The monoisotopic (exact) mass is 208 g/mol. The first-order valence-electron chi connectivity index (χ1n) is 4.67. The Morgan fingerprint density at radius 3 is 2.64 bits per heavy atom. The fraction of sp³-hybridized carbons (Fsp3) is 0.273. The molecular formula is C11H13ClN2. The maximum absolute atomic E-state index is 6.08. The molecule has 0 fully saturated rings. The summed E-state index contributed by atoms with van der Waals surface area (Å²) in [6.07, 6.45) is 4.34. The quantitative estimate of drug-likeness (QED) is 0.597. The van der Waals surface area contributed by atoms with E-state index in [1.165, 1.54) is 0 Å². The van der Waals surface area contributed by atoms with E-state index in [1.807, 2.05) is 12.1 Å². The summed E-state index contributed by atoms with van der Waals surface area (Å²) in [5.74, 6) is 0. The lowest BCUT2D eigenvalue weighted by Crippen LogP contribution is -2.19. The molecule has 0 unspecified atom stereocenters. The van der Waals surface area contributed by atoms with E-state index in [-0.39, 0.29) is 0 Å². The van der Waals surface area contributed by atoms with Crippen LogP contribution in [-0.4, -0.2) is 18.0 Å². The summed E-state index contributed by atoms with van der Waals surface area (Å²) < 4.78 is 0. The van der Waals surface area contributed by atoms with Crippen molar-refractivity contribution in [3.63, 3.8) is 0 Å². The smallest absolute Gasteiger partial charge is 0.0471 e. The van der Waals surface area contributed by atoms with E-state index in [2.05, 4.69) is 17.1 Å². The third-order valence-electron chi connectivity index (χ3n) is 2.36. The third-order valence-corrected chi connectivity index (χ3v) is 2.72. The number of nitrogens with zero attached hydrogens (tertiary/aromatic N) is 1. The summed E-state index contributed by atoms with van der Waals surface area (Å²) in [6, 6.07) is 5.70. The minimum atomic E-state index is 0.721. The van der Waals surface area contributed by atoms with Crippen LogP contribution < -0.4 is 5.73 Å². The zero-order valence-electron chi connectivity index (χ0n) is 7.91. The van der Waals surface area contributed by atoms with Crippen LogP contribution in [0.4, 0.5) is 5.69 Å². The largest absolute Gasteiger partial charge is 0.399 e. The number of halogens is 1. The summed E-state index contributed by atoms with van der Waals surface area (Å²) in [6.45, 7) is 2.92. The molecular weight excluding hydrogens is 196 g/mol. The molecule has 1 aromatic carbocycles. The molecule has 0 spiro atoms. The summed E-state index contributed by atoms with van der Waals surface area (Å²) in [7, 11) is 0. The number of nitrogen functional groups attached to an aromatic ring is 1. The highest BCUT2D eigenvalue weighted by atomic mass is 35.5. The van der Waals surface area contributed by atoms with Crippen molar-refractivity contribution in [2.75, 3.05) is 18.8 Å². The maximum atomic E-state index is 6.08. The van der Waals surface area contributed by atoms with Gasteiger partial charge in [-0.3, -0.25) is 4.90 Å². The number of benzene rings is 1. The summed E-state index contributed by atoms with van der Waals surface area (Å²) >= 11 is 6.08. The van der Waals surface area contributed by atoms with E-state index in [4.69, 9.17) is 17.3 Å². The average molecular weight is 209 g/mol. The van der Waals surface area contributed by atoms with Crippen LogP contribution in [0.25, 0.3) is 0 Å². The Kier molecular flexibility index (Phi) is 2.75. The summed E-state index contributed by atoms with van der Waals surface area (Å²) in [4.78, 5) is 2.32. The molecule has 2 rings (SSSR count). The molecule has 0 aromatic heterocycles. The first kappa shape index (κ1) is 9.56. The molecule has 1 aromatic rings. The van der Waals surface area contributed by atoms with Gasteiger partial charge in [0.15, 0.2) is 0 Å². The lowest BCUT2D eigenvalue weighted by Gasteiger charge is -2.15. The second-order valence-electron chi connectivity index (χ2n) is 3.52. The minimum Gasteiger partial charge on any atom is -0.399 e. The van der Waals surface area contributed by atoms with Gasteiger partial charge in [0.05, 0.1) is 0 Å². The van der Waals surface area contributed by atoms with Gasteiger partial charge < -0.3 is 5.73 Å². The molecule has 2 nitrogen and oxygen atoms in total. The normalized spacial score (nSPS) is 16.4. The van der Waals surface area contributed by atoms with Gasteiger partial charge in [0.25, 0.3) is 0 Å². The molecule has 1 aliphatic heterocycles. The van der Waals surface area contributed by atoms with Crippen LogP contribution in [0.15, 0.2) is 30.4 Å². The molecule has 0 amide bonds. The van der Waals surface area contributed by atoms with E-state index in [9.17, 15) is 0 Å². The molecule has 0 aliphatic carbocycles. The van der Waals surface area contributed by atoms with Crippen molar-refractivity contribution < 1.29 is 0 Å². The first-order valence-corrected chi connectivity index (χ1v) is 5.05. The number of nitrogens with two attached hydrogens (primary N) is 1. The summed E-state index contributed by atoms with van der Waals surface area (Å²) in [5.41, 5.74) is 7.49. The first-order chi connectivity index (χ1) is 6.75. The van der Waals surface area contributed by atoms with E-state index < -0.39 is 0 Å². The SMILES string of the molecule is Nc1ccc(CN2CC=CC2)c(Cl)c1. The Morgan fingerprint density at radius 1 is 1.29 bits per heavy atom. The highest BCUT2D eigenvalue weighted by Gasteiger charge is 2.09. The highest BCUT2D eigenvalue weighted by Crippen LogP contribution is 2.21. The van der Waals surface area contributed by atoms with E-state index in [1.54, 1.807) is 6.07 Å². The van der Waals surface area contributed by atoms with E-state index in [0.717, 1.165) is 35.9 Å². The van der Waals surface area contributed by atoms with Gasteiger partial charge in [-0.25, -0.2) is 0 Å². The number of hydrogen-bond donors (Lipinski definition) is 1. The van der Waals surface area contributed by atoms with Crippen LogP contribution in [0.2, 0.25) is 5.02 Å². The molecule has 0 bridgehead atoms. The molecule has 1 heterocycles. The van der Waals surface area contributed by atoms with Gasteiger partial charge in [-0.05, 0) is 17.7 Å². The van der Waals surface area contributed by atoms with E-state index >= 15 is 0 Å². The van der Waals surface area contributed by atoms with Crippen LogP contribution in [0, 0.1) is 0 Å². The fourth-order valence-corrected chi connectivity index (χ4v) is 1.83. The van der Waals surface area contributed by atoms with Crippen LogP contribution in [0.3, 0.4) is 0 Å². The van der Waals surface area contributed by atoms with Gasteiger partial charge in [0.1, 0.15) is 0 Å². The maximum Gasteiger partial charge on any atom is 0.0471 e. The molecule has 0 saturated carbocycles. The second kappa shape index (κ2) is 4.03. The molecule has 2 N–H and O–H groups in total. The highest BCUT2D eigenvalue weighted by molar-refractivity contribution is 6.31. The molecule has 3 heteroatoms. The van der Waals surface area contributed by atoms with Crippen molar-refractivity contribution in [2.45, 2.75) is 6.54 Å². The Bertz CT molecular complexity index is 352. The van der Waals surface area contributed by atoms with Gasteiger partial charge in [0.2, 0.25) is 0 Å². The van der Waals surface area contributed by atoms with Gasteiger partial charge in [-0.15, -0.1) is 0 Å². The predicted octanol–water partition coefficient (Wildman–Crippen LogP) is 2.29. The third kappa shape index (κ3) is 2.08. The zero-order chi connectivity index (χ0) is 9.97. The van der Waals surface area contributed by atoms with Crippen LogP contribution >= 0.6 is 11.6 Å². The number of hydrogen-bond acceptors (Lipinski definition) is 2. The molecule has 14 heavy (non-hydrogen) atoms. The predicted molar refractivity (Wildman–Crippen MR) is 60.3 cm³/mol. The Labute approximate surface area is 89.0 Å². The fourth-order valence-electron chi connectivity index (χ4n) is 1.58. The Balaban J connectivity index is 2.08. The van der Waals surface area contributed by atoms with Crippen molar-refractivity contribution in [3.05, 3.63) is 40.9 Å². The Hall–Kier alpha value is -0.990. The van der Waals surface area contributed by atoms with Crippen molar-refractivity contribution in [2.24, 2.45) is 0 Å². The van der Waals surface area contributed by atoms with Gasteiger partial charge in [-0.2, -0.15) is 0 Å². The van der Waals surface area contributed by atoms with Crippen LogP contribution in [-0.2, 0) is 6.54 Å². The molecule has 74 valence electrons. The van der Waals surface area contributed by atoms with Gasteiger partial charge in [0, 0.05) is 30.3 Å². The zero-order valence-corrected chi connectivity index (χ0v) is 8.67.